The van der Waals surface area contributed by atoms with Crippen LogP contribution >= 0.6 is 0 Å². The molecular weight excluding hydrogens is 332 g/mol. The fourth-order valence-electron chi connectivity index (χ4n) is 2.73. The Morgan fingerprint density at radius 1 is 1.29 bits per heavy atom. The van der Waals surface area contributed by atoms with Gasteiger partial charge in [-0.15, -0.1) is 0 Å². The van der Waals surface area contributed by atoms with Crippen molar-refractivity contribution in [2.75, 3.05) is 51.3 Å². The number of rotatable bonds is 6. The third-order valence-corrected chi connectivity index (χ3v) is 5.46. The molecule has 1 heterocycles. The summed E-state index contributed by atoms with van der Waals surface area (Å²) in [6, 6.07) is 4.13. The highest BCUT2D eigenvalue weighted by molar-refractivity contribution is 7.90. The van der Waals surface area contributed by atoms with Crippen LogP contribution in [0.3, 0.4) is 0 Å². The Balaban J connectivity index is 2.10. The van der Waals surface area contributed by atoms with Crippen molar-refractivity contribution < 1.29 is 13.3 Å². The van der Waals surface area contributed by atoms with E-state index in [1.54, 1.807) is 0 Å². The average Bonchev–Trinajstić information content (AvgIpc) is 2.52. The number of nitro benzene ring substituents is 1. The minimum absolute atomic E-state index is 0.0396. The standard InChI is InChI=1S/C15H24N4O4S/c1-12(18-8-6-17(2)7-9-18)11-16-14-5-4-13(19(20)21)10-15(14)24(3,22)23/h4-5,10,12,16H,6-9,11H2,1-3H3. The largest absolute Gasteiger partial charge is 0.382 e. The molecule has 1 atom stereocenters. The number of hydrogen-bond donors (Lipinski definition) is 1. The molecule has 9 heteroatoms. The van der Waals surface area contributed by atoms with Gasteiger partial charge in [0, 0.05) is 57.2 Å². The van der Waals surface area contributed by atoms with E-state index in [2.05, 4.69) is 29.1 Å². The molecule has 0 saturated carbocycles. The first-order valence-electron chi connectivity index (χ1n) is 7.83. The van der Waals surface area contributed by atoms with E-state index >= 15 is 0 Å². The minimum Gasteiger partial charge on any atom is -0.382 e. The lowest BCUT2D eigenvalue weighted by atomic mass is 10.2. The third-order valence-electron chi connectivity index (χ3n) is 4.32. The third kappa shape index (κ3) is 4.65. The second kappa shape index (κ2) is 7.45. The predicted octanol–water partition coefficient (Wildman–Crippen LogP) is 1.05. The number of nitro groups is 1. The molecule has 2 rings (SSSR count). The van der Waals surface area contributed by atoms with Crippen LogP contribution in [0.25, 0.3) is 0 Å². The summed E-state index contributed by atoms with van der Waals surface area (Å²) in [5.41, 5.74) is 0.178. The maximum absolute atomic E-state index is 11.9. The fraction of sp³-hybridized carbons (Fsp3) is 0.600. The molecule has 134 valence electrons. The molecule has 0 bridgehead atoms. The van der Waals surface area contributed by atoms with Crippen molar-refractivity contribution in [1.29, 1.82) is 0 Å². The first-order chi connectivity index (χ1) is 11.2. The number of piperazine rings is 1. The van der Waals surface area contributed by atoms with Crippen LogP contribution in [-0.4, -0.2) is 75.2 Å². The highest BCUT2D eigenvalue weighted by atomic mass is 32.2. The lowest BCUT2D eigenvalue weighted by molar-refractivity contribution is -0.385. The van der Waals surface area contributed by atoms with Crippen LogP contribution in [0.15, 0.2) is 23.1 Å². The molecule has 1 unspecified atom stereocenters. The smallest absolute Gasteiger partial charge is 0.270 e. The summed E-state index contributed by atoms with van der Waals surface area (Å²) in [6.45, 7) is 6.62. The summed E-state index contributed by atoms with van der Waals surface area (Å²) in [5, 5.41) is 14.0. The van der Waals surface area contributed by atoms with Crippen molar-refractivity contribution >= 4 is 21.2 Å². The van der Waals surface area contributed by atoms with Crippen LogP contribution < -0.4 is 5.32 Å². The second-order valence-electron chi connectivity index (χ2n) is 6.28. The minimum atomic E-state index is -3.56. The monoisotopic (exact) mass is 356 g/mol. The van der Waals surface area contributed by atoms with Gasteiger partial charge in [-0.05, 0) is 20.0 Å². The zero-order valence-electron chi connectivity index (χ0n) is 14.2. The van der Waals surface area contributed by atoms with E-state index in [-0.39, 0.29) is 16.6 Å². The van der Waals surface area contributed by atoms with E-state index in [1.807, 2.05) is 0 Å². The Morgan fingerprint density at radius 2 is 1.92 bits per heavy atom. The van der Waals surface area contributed by atoms with E-state index < -0.39 is 14.8 Å². The molecule has 1 aromatic rings. The molecule has 24 heavy (non-hydrogen) atoms. The van der Waals surface area contributed by atoms with Gasteiger partial charge in [0.25, 0.3) is 5.69 Å². The zero-order valence-corrected chi connectivity index (χ0v) is 15.0. The molecule has 1 aromatic carbocycles. The van der Waals surface area contributed by atoms with Crippen LogP contribution in [0.2, 0.25) is 0 Å². The van der Waals surface area contributed by atoms with Crippen LogP contribution in [0.5, 0.6) is 0 Å². The Labute approximate surface area is 142 Å². The number of non-ortho nitro benzene ring substituents is 1. The number of nitrogens with one attached hydrogen (secondary N) is 1. The number of benzene rings is 1. The second-order valence-corrected chi connectivity index (χ2v) is 8.26. The van der Waals surface area contributed by atoms with Gasteiger partial charge in [0.2, 0.25) is 0 Å². The van der Waals surface area contributed by atoms with Crippen molar-refractivity contribution in [3.63, 3.8) is 0 Å². The molecule has 0 amide bonds. The molecule has 1 fully saturated rings. The summed E-state index contributed by atoms with van der Waals surface area (Å²) in [7, 11) is -1.46. The SMILES string of the molecule is CC(CNc1ccc([N+](=O)[O-])cc1S(C)(=O)=O)N1CCN(C)CC1. The van der Waals surface area contributed by atoms with E-state index in [0.29, 0.717) is 12.2 Å². The van der Waals surface area contributed by atoms with E-state index in [4.69, 9.17) is 0 Å². The van der Waals surface area contributed by atoms with Gasteiger partial charge >= 0.3 is 0 Å². The molecule has 1 saturated heterocycles. The van der Waals surface area contributed by atoms with Crippen molar-refractivity contribution in [1.82, 2.24) is 9.80 Å². The molecule has 1 aliphatic heterocycles. The first kappa shape index (κ1) is 18.6. The van der Waals surface area contributed by atoms with Gasteiger partial charge in [-0.1, -0.05) is 0 Å². The van der Waals surface area contributed by atoms with Crippen molar-refractivity contribution in [3.05, 3.63) is 28.3 Å². The quantitative estimate of drug-likeness (QED) is 0.601. The van der Waals surface area contributed by atoms with Crippen LogP contribution in [0.1, 0.15) is 6.92 Å². The maximum atomic E-state index is 11.9. The Kier molecular flexibility index (Phi) is 5.79. The van der Waals surface area contributed by atoms with Gasteiger partial charge in [0.15, 0.2) is 9.84 Å². The number of hydrogen-bond acceptors (Lipinski definition) is 7. The predicted molar refractivity (Wildman–Crippen MR) is 93.2 cm³/mol. The van der Waals surface area contributed by atoms with E-state index in [1.165, 1.54) is 12.1 Å². The number of anilines is 1. The number of sulfone groups is 1. The molecule has 0 aromatic heterocycles. The Morgan fingerprint density at radius 3 is 2.46 bits per heavy atom. The van der Waals surface area contributed by atoms with E-state index in [0.717, 1.165) is 38.5 Å². The summed E-state index contributed by atoms with van der Waals surface area (Å²) < 4.78 is 23.9. The van der Waals surface area contributed by atoms with Gasteiger partial charge in [-0.25, -0.2) is 8.42 Å². The first-order valence-corrected chi connectivity index (χ1v) is 9.72. The van der Waals surface area contributed by atoms with Gasteiger partial charge in [-0.2, -0.15) is 0 Å². The number of likely N-dealkylation sites (N-methyl/N-ethyl adjacent to an activating group) is 1. The van der Waals surface area contributed by atoms with Crippen molar-refractivity contribution in [3.8, 4) is 0 Å². The zero-order chi connectivity index (χ0) is 17.9. The Hall–Kier alpha value is -1.71. The van der Waals surface area contributed by atoms with Crippen LogP contribution in [-0.2, 0) is 9.84 Å². The maximum Gasteiger partial charge on any atom is 0.270 e. The summed E-state index contributed by atoms with van der Waals surface area (Å²) >= 11 is 0. The van der Waals surface area contributed by atoms with Crippen molar-refractivity contribution in [2.45, 2.75) is 17.9 Å². The topological polar surface area (TPSA) is 95.8 Å². The summed E-state index contributed by atoms with van der Waals surface area (Å²) in [5.74, 6) is 0. The lowest BCUT2D eigenvalue weighted by Gasteiger charge is -2.36. The summed E-state index contributed by atoms with van der Waals surface area (Å²) in [4.78, 5) is 14.9. The van der Waals surface area contributed by atoms with Gasteiger partial charge in [0.05, 0.1) is 15.5 Å². The van der Waals surface area contributed by atoms with Gasteiger partial charge in [0.1, 0.15) is 0 Å². The van der Waals surface area contributed by atoms with Crippen LogP contribution in [0, 0.1) is 10.1 Å². The normalized spacial score (nSPS) is 18.3. The molecule has 0 spiro atoms. The van der Waals surface area contributed by atoms with Gasteiger partial charge < -0.3 is 10.2 Å². The van der Waals surface area contributed by atoms with Gasteiger partial charge in [-0.3, -0.25) is 15.0 Å². The molecule has 1 N–H and O–H groups in total. The average molecular weight is 356 g/mol. The van der Waals surface area contributed by atoms with E-state index in [9.17, 15) is 18.5 Å². The summed E-state index contributed by atoms with van der Waals surface area (Å²) in [6.07, 6.45) is 1.06. The molecule has 1 aliphatic rings. The molecule has 0 radical (unpaired) electrons. The van der Waals surface area contributed by atoms with Crippen LogP contribution in [0.4, 0.5) is 11.4 Å². The highest BCUT2D eigenvalue weighted by Crippen LogP contribution is 2.26. The highest BCUT2D eigenvalue weighted by Gasteiger charge is 2.21. The fourth-order valence-corrected chi connectivity index (χ4v) is 3.60. The van der Waals surface area contributed by atoms with Crippen molar-refractivity contribution in [2.24, 2.45) is 0 Å². The number of nitrogens with zero attached hydrogens (tertiary/aromatic N) is 3. The molecule has 8 nitrogen and oxygen atoms in total. The Bertz CT molecular complexity index is 699. The molecular formula is C15H24N4O4S. The lowest BCUT2D eigenvalue weighted by Crippen LogP contribution is -2.49. The molecule has 0 aliphatic carbocycles.